The summed E-state index contributed by atoms with van der Waals surface area (Å²) in [5.41, 5.74) is 1.42. The van der Waals surface area contributed by atoms with Gasteiger partial charge in [-0.3, -0.25) is 10.2 Å². The first kappa shape index (κ1) is 19.7. The molecule has 0 aliphatic carbocycles. The molecule has 5 N–H and O–H groups in total. The number of nitrogens with two attached hydrogens (primary N) is 1. The van der Waals surface area contributed by atoms with E-state index in [9.17, 15) is 26.4 Å². The van der Waals surface area contributed by atoms with E-state index in [1.807, 2.05) is 5.43 Å². The molecule has 0 atom stereocenters. The van der Waals surface area contributed by atoms with E-state index >= 15 is 0 Å². The van der Waals surface area contributed by atoms with Crippen LogP contribution in [0.4, 0.5) is 24.5 Å². The Morgan fingerprint density at radius 3 is 2.19 bits per heavy atom. The zero-order valence-electron chi connectivity index (χ0n) is 13.4. The third-order valence-electron chi connectivity index (χ3n) is 3.44. The smallest absolute Gasteiger partial charge is 0.355 e. The number of benzene rings is 2. The summed E-state index contributed by atoms with van der Waals surface area (Å²) in [6.45, 7) is 0. The molecule has 0 saturated heterocycles. The number of hydrogen-bond donors (Lipinski definition) is 4. The molecule has 140 valence electrons. The average Bonchev–Trinajstić information content (AvgIpc) is 2.61. The number of rotatable bonds is 5. The molecule has 2 aromatic carbocycles. The maximum atomic E-state index is 12.6. The summed E-state index contributed by atoms with van der Waals surface area (Å²) in [6, 6.07) is 7.78. The van der Waals surface area contributed by atoms with Crippen molar-refractivity contribution in [2.45, 2.75) is 11.1 Å². The van der Waals surface area contributed by atoms with Crippen molar-refractivity contribution < 1.29 is 26.4 Å². The fourth-order valence-electron chi connectivity index (χ4n) is 2.08. The van der Waals surface area contributed by atoms with Crippen LogP contribution < -0.4 is 21.3 Å². The molecule has 0 spiro atoms. The van der Waals surface area contributed by atoms with E-state index in [0.717, 1.165) is 18.2 Å². The van der Waals surface area contributed by atoms with Crippen LogP contribution in [0.25, 0.3) is 0 Å². The van der Waals surface area contributed by atoms with Crippen molar-refractivity contribution in [2.75, 3.05) is 12.4 Å². The van der Waals surface area contributed by atoms with Gasteiger partial charge in [0.15, 0.2) is 0 Å². The van der Waals surface area contributed by atoms with Crippen molar-refractivity contribution in [2.24, 2.45) is 5.84 Å². The minimum absolute atomic E-state index is 0.0938. The summed E-state index contributed by atoms with van der Waals surface area (Å²) in [5.74, 6) is 4.34. The van der Waals surface area contributed by atoms with E-state index in [0.29, 0.717) is 0 Å². The monoisotopic (exact) mass is 388 g/mol. The molecule has 7 nitrogen and oxygen atoms in total. The fourth-order valence-corrected chi connectivity index (χ4v) is 2.84. The van der Waals surface area contributed by atoms with E-state index in [1.165, 1.54) is 31.3 Å². The third-order valence-corrected chi connectivity index (χ3v) is 4.85. The van der Waals surface area contributed by atoms with Crippen molar-refractivity contribution in [3.05, 3.63) is 53.6 Å². The second-order valence-electron chi connectivity index (χ2n) is 5.09. The van der Waals surface area contributed by atoms with Crippen LogP contribution in [0.5, 0.6) is 0 Å². The van der Waals surface area contributed by atoms with Gasteiger partial charge < -0.3 is 5.32 Å². The lowest BCUT2D eigenvalue weighted by Crippen LogP contribution is -2.31. The first-order valence-corrected chi connectivity index (χ1v) is 8.59. The topological polar surface area (TPSA) is 113 Å². The first-order chi connectivity index (χ1) is 12.1. The van der Waals surface area contributed by atoms with Gasteiger partial charge in [0.2, 0.25) is 10.0 Å². The van der Waals surface area contributed by atoms with Crippen LogP contribution in [0.1, 0.15) is 15.9 Å². The van der Waals surface area contributed by atoms with Gasteiger partial charge in [0, 0.05) is 5.69 Å². The highest BCUT2D eigenvalue weighted by Gasteiger charge is 2.30. The number of sulfonamides is 1. The van der Waals surface area contributed by atoms with Crippen LogP contribution >= 0.6 is 0 Å². The van der Waals surface area contributed by atoms with Gasteiger partial charge in [-0.15, -0.1) is 0 Å². The van der Waals surface area contributed by atoms with Crippen molar-refractivity contribution in [3.8, 4) is 0 Å². The maximum absolute atomic E-state index is 12.6. The number of nitrogen functional groups attached to an aromatic ring is 1. The number of nitrogens with one attached hydrogen (secondary N) is 3. The Bertz CT molecular complexity index is 913. The first-order valence-electron chi connectivity index (χ1n) is 7.11. The molecule has 0 aliphatic heterocycles. The molecule has 0 heterocycles. The van der Waals surface area contributed by atoms with Crippen molar-refractivity contribution in [1.29, 1.82) is 0 Å². The zero-order valence-corrected chi connectivity index (χ0v) is 14.2. The predicted octanol–water partition coefficient (Wildman–Crippen LogP) is 1.96. The van der Waals surface area contributed by atoms with Crippen LogP contribution in [0.15, 0.2) is 47.4 Å². The third kappa shape index (κ3) is 4.31. The SMILES string of the molecule is CNS(=O)(=O)c1ccc(Nc2ccc(C(F)(F)F)cc2)c(C(=O)NN)c1. The van der Waals surface area contributed by atoms with Gasteiger partial charge in [-0.2, -0.15) is 13.2 Å². The van der Waals surface area contributed by atoms with E-state index in [1.54, 1.807) is 0 Å². The highest BCUT2D eigenvalue weighted by Crippen LogP contribution is 2.31. The van der Waals surface area contributed by atoms with Crippen LogP contribution in [-0.4, -0.2) is 21.4 Å². The standard InChI is InChI=1S/C15H15F3N4O3S/c1-20-26(24,25)11-6-7-13(12(8-11)14(23)22-19)21-10-4-2-9(3-5-10)15(16,17)18/h2-8,20-21H,19H2,1H3,(H,22,23). The second-order valence-corrected chi connectivity index (χ2v) is 6.98. The molecule has 0 saturated carbocycles. The van der Waals surface area contributed by atoms with Crippen LogP contribution in [0, 0.1) is 0 Å². The number of carbonyl (C=O) groups is 1. The van der Waals surface area contributed by atoms with Gasteiger partial charge in [0.25, 0.3) is 5.91 Å². The Morgan fingerprint density at radius 1 is 1.08 bits per heavy atom. The molecule has 0 fully saturated rings. The number of anilines is 2. The minimum Gasteiger partial charge on any atom is -0.355 e. The quantitative estimate of drug-likeness (QED) is 0.355. The normalized spacial score (nSPS) is 11.9. The molecule has 0 radical (unpaired) electrons. The molecular weight excluding hydrogens is 373 g/mol. The maximum Gasteiger partial charge on any atom is 0.416 e. The fraction of sp³-hybridized carbons (Fsp3) is 0.133. The summed E-state index contributed by atoms with van der Waals surface area (Å²) >= 11 is 0. The summed E-state index contributed by atoms with van der Waals surface area (Å²) in [7, 11) is -2.58. The van der Waals surface area contributed by atoms with Gasteiger partial charge in [-0.05, 0) is 49.5 Å². The minimum atomic E-state index is -4.47. The number of hydrogen-bond acceptors (Lipinski definition) is 5. The number of carbonyl (C=O) groups excluding carboxylic acids is 1. The summed E-state index contributed by atoms with van der Waals surface area (Å²) in [5, 5.41) is 2.76. The molecule has 11 heteroatoms. The van der Waals surface area contributed by atoms with Crippen LogP contribution in [0.2, 0.25) is 0 Å². The molecular formula is C15H15F3N4O3S. The van der Waals surface area contributed by atoms with Crippen molar-refractivity contribution >= 4 is 27.3 Å². The Kier molecular flexibility index (Phi) is 5.54. The molecule has 2 rings (SSSR count). The van der Waals surface area contributed by atoms with Crippen molar-refractivity contribution in [3.63, 3.8) is 0 Å². The van der Waals surface area contributed by atoms with E-state index in [2.05, 4.69) is 10.0 Å². The van der Waals surface area contributed by atoms with Crippen LogP contribution in [-0.2, 0) is 16.2 Å². The predicted molar refractivity (Wildman–Crippen MR) is 89.1 cm³/mol. The lowest BCUT2D eigenvalue weighted by molar-refractivity contribution is -0.137. The average molecular weight is 388 g/mol. The Morgan fingerprint density at radius 2 is 1.69 bits per heavy atom. The number of alkyl halides is 3. The molecule has 0 bridgehead atoms. The molecule has 26 heavy (non-hydrogen) atoms. The summed E-state index contributed by atoms with van der Waals surface area (Å²) < 4.78 is 63.6. The second kappa shape index (κ2) is 7.32. The lowest BCUT2D eigenvalue weighted by atomic mass is 10.1. The van der Waals surface area contributed by atoms with Gasteiger partial charge in [-0.1, -0.05) is 0 Å². The van der Waals surface area contributed by atoms with Crippen LogP contribution in [0.3, 0.4) is 0 Å². The lowest BCUT2D eigenvalue weighted by Gasteiger charge is -2.14. The van der Waals surface area contributed by atoms with Gasteiger partial charge >= 0.3 is 6.18 Å². The van der Waals surface area contributed by atoms with Gasteiger partial charge in [-0.25, -0.2) is 19.0 Å². The van der Waals surface area contributed by atoms with Crippen molar-refractivity contribution in [1.82, 2.24) is 10.1 Å². The summed E-state index contributed by atoms with van der Waals surface area (Å²) in [6.07, 6.45) is -4.47. The highest BCUT2D eigenvalue weighted by atomic mass is 32.2. The molecule has 0 unspecified atom stereocenters. The van der Waals surface area contributed by atoms with Gasteiger partial charge in [0.1, 0.15) is 0 Å². The number of hydrazine groups is 1. The van der Waals surface area contributed by atoms with E-state index in [4.69, 9.17) is 5.84 Å². The molecule has 0 aromatic heterocycles. The highest BCUT2D eigenvalue weighted by molar-refractivity contribution is 7.89. The molecule has 2 aromatic rings. The molecule has 0 aliphatic rings. The number of amides is 1. The van der Waals surface area contributed by atoms with E-state index in [-0.39, 0.29) is 21.8 Å². The van der Waals surface area contributed by atoms with Gasteiger partial charge in [0.05, 0.1) is 21.7 Å². The number of halogens is 3. The molecule has 1 amide bonds. The Labute approximate surface area is 147 Å². The Balaban J connectivity index is 2.41. The Hall–Kier alpha value is -2.63. The summed E-state index contributed by atoms with van der Waals surface area (Å²) in [4.78, 5) is 11.8. The largest absolute Gasteiger partial charge is 0.416 e. The zero-order chi connectivity index (χ0) is 19.5. The van der Waals surface area contributed by atoms with E-state index < -0.39 is 27.7 Å².